The van der Waals surface area contributed by atoms with Gasteiger partial charge < -0.3 is 5.32 Å². The van der Waals surface area contributed by atoms with Crippen molar-refractivity contribution in [1.29, 1.82) is 0 Å². The number of rotatable bonds is 7. The number of para-hydroxylation sites is 1. The highest BCUT2D eigenvalue weighted by Gasteiger charge is 2.17. The Morgan fingerprint density at radius 2 is 2.00 bits per heavy atom. The number of benzene rings is 1. The van der Waals surface area contributed by atoms with Crippen molar-refractivity contribution in [3.8, 4) is 0 Å². The number of thioether (sulfide) groups is 1. The molecule has 7 heteroatoms. The molecule has 0 radical (unpaired) electrons. The van der Waals surface area contributed by atoms with Gasteiger partial charge in [0, 0.05) is 17.5 Å². The van der Waals surface area contributed by atoms with Gasteiger partial charge in [-0.05, 0) is 42.8 Å². The quantitative estimate of drug-likeness (QED) is 0.452. The molecule has 1 amide bonds. The molecular weight excluding hydrogens is 402 g/mol. The molecule has 0 unspecified atom stereocenters. The van der Waals surface area contributed by atoms with Crippen molar-refractivity contribution in [1.82, 2.24) is 14.9 Å². The number of nitrogens with zero attached hydrogens (tertiary/aromatic N) is 2. The average Bonchev–Trinajstić information content (AvgIpc) is 3.26. The molecule has 152 valence electrons. The van der Waals surface area contributed by atoms with Gasteiger partial charge in [0.05, 0.1) is 16.7 Å². The van der Waals surface area contributed by atoms with Crippen molar-refractivity contribution in [2.24, 2.45) is 0 Å². The molecule has 1 saturated carbocycles. The third kappa shape index (κ3) is 5.08. The van der Waals surface area contributed by atoms with Crippen molar-refractivity contribution < 1.29 is 4.79 Å². The molecule has 3 aromatic rings. The SMILES string of the molecule is O=C(CSc1nc2ccccc2c(=O)n1CCc1cccs1)NC1CCCCC1. The largest absolute Gasteiger partial charge is 0.353 e. The minimum absolute atomic E-state index is 0.0223. The fraction of sp³-hybridized carbons (Fsp3) is 0.409. The summed E-state index contributed by atoms with van der Waals surface area (Å²) in [4.78, 5) is 31.5. The number of amides is 1. The number of carbonyl (C=O) groups excluding carboxylic acids is 1. The van der Waals surface area contributed by atoms with E-state index in [4.69, 9.17) is 4.98 Å². The van der Waals surface area contributed by atoms with Crippen molar-refractivity contribution in [2.45, 2.75) is 56.3 Å². The monoisotopic (exact) mass is 427 g/mol. The lowest BCUT2D eigenvalue weighted by molar-refractivity contribution is -0.119. The van der Waals surface area contributed by atoms with Crippen LogP contribution in [0.2, 0.25) is 0 Å². The summed E-state index contributed by atoms with van der Waals surface area (Å²) >= 11 is 3.04. The first-order chi connectivity index (χ1) is 14.2. The van der Waals surface area contributed by atoms with Gasteiger partial charge in [-0.1, -0.05) is 49.2 Å². The van der Waals surface area contributed by atoms with Crippen molar-refractivity contribution in [2.75, 3.05) is 5.75 Å². The fourth-order valence-electron chi connectivity index (χ4n) is 3.78. The first kappa shape index (κ1) is 20.2. The number of aryl methyl sites for hydroxylation is 1. The highest BCUT2D eigenvalue weighted by molar-refractivity contribution is 7.99. The molecule has 0 atom stereocenters. The second-order valence-electron chi connectivity index (χ2n) is 7.39. The molecule has 1 aromatic carbocycles. The van der Waals surface area contributed by atoms with E-state index in [1.165, 1.54) is 35.9 Å². The molecule has 1 aliphatic carbocycles. The van der Waals surface area contributed by atoms with E-state index >= 15 is 0 Å². The molecule has 4 rings (SSSR count). The van der Waals surface area contributed by atoms with Crippen LogP contribution in [0.15, 0.2) is 51.7 Å². The van der Waals surface area contributed by atoms with Crippen LogP contribution in [0.5, 0.6) is 0 Å². The molecular formula is C22H25N3O2S2. The Morgan fingerprint density at radius 1 is 1.17 bits per heavy atom. The summed E-state index contributed by atoms with van der Waals surface area (Å²) in [5.74, 6) is 0.300. The van der Waals surface area contributed by atoms with Gasteiger partial charge in [-0.15, -0.1) is 11.3 Å². The highest BCUT2D eigenvalue weighted by atomic mass is 32.2. The number of nitrogens with one attached hydrogen (secondary N) is 1. The zero-order valence-corrected chi connectivity index (χ0v) is 17.9. The Balaban J connectivity index is 1.52. The smallest absolute Gasteiger partial charge is 0.262 e. The average molecular weight is 428 g/mol. The summed E-state index contributed by atoms with van der Waals surface area (Å²) in [6, 6.07) is 11.8. The Kier molecular flexibility index (Phi) is 6.67. The summed E-state index contributed by atoms with van der Waals surface area (Å²) < 4.78 is 1.72. The Hall–Kier alpha value is -2.12. The number of hydrogen-bond acceptors (Lipinski definition) is 5. The van der Waals surface area contributed by atoms with Gasteiger partial charge in [0.15, 0.2) is 5.16 Å². The zero-order chi connectivity index (χ0) is 20.1. The van der Waals surface area contributed by atoms with Crippen molar-refractivity contribution >= 4 is 39.9 Å². The maximum absolute atomic E-state index is 13.1. The van der Waals surface area contributed by atoms with Crippen LogP contribution < -0.4 is 10.9 Å². The molecule has 1 aliphatic rings. The lowest BCUT2D eigenvalue weighted by Crippen LogP contribution is -2.37. The summed E-state index contributed by atoms with van der Waals surface area (Å²) in [7, 11) is 0. The van der Waals surface area contributed by atoms with Crippen LogP contribution >= 0.6 is 23.1 Å². The number of hydrogen-bond donors (Lipinski definition) is 1. The Bertz CT molecular complexity index is 1020. The summed E-state index contributed by atoms with van der Waals surface area (Å²) in [5, 5.41) is 6.42. The standard InChI is InChI=1S/C22H25N3O2S2/c26-20(23-16-7-2-1-3-8-16)15-29-22-24-19-11-5-4-10-18(19)21(27)25(22)13-12-17-9-6-14-28-17/h4-6,9-11,14,16H,1-3,7-8,12-13,15H2,(H,23,26). The Morgan fingerprint density at radius 3 is 2.79 bits per heavy atom. The number of fused-ring (bicyclic) bond motifs is 1. The van der Waals surface area contributed by atoms with Gasteiger partial charge in [0.1, 0.15) is 0 Å². The minimum Gasteiger partial charge on any atom is -0.353 e. The van der Waals surface area contributed by atoms with Crippen LogP contribution in [0, 0.1) is 0 Å². The molecule has 1 N–H and O–H groups in total. The minimum atomic E-state index is -0.0395. The van der Waals surface area contributed by atoms with Crippen LogP contribution in [0.1, 0.15) is 37.0 Å². The predicted molar refractivity (Wildman–Crippen MR) is 120 cm³/mol. The highest BCUT2D eigenvalue weighted by Crippen LogP contribution is 2.21. The first-order valence-electron chi connectivity index (χ1n) is 10.1. The zero-order valence-electron chi connectivity index (χ0n) is 16.3. The molecule has 1 fully saturated rings. The number of aromatic nitrogens is 2. The van der Waals surface area contributed by atoms with E-state index in [-0.39, 0.29) is 17.2 Å². The molecule has 29 heavy (non-hydrogen) atoms. The van der Waals surface area contributed by atoms with Crippen LogP contribution in [-0.2, 0) is 17.8 Å². The van der Waals surface area contributed by atoms with E-state index in [9.17, 15) is 9.59 Å². The fourth-order valence-corrected chi connectivity index (χ4v) is 5.31. The topological polar surface area (TPSA) is 64.0 Å². The van der Waals surface area contributed by atoms with E-state index < -0.39 is 0 Å². The Labute approximate surface area is 178 Å². The van der Waals surface area contributed by atoms with Crippen LogP contribution in [-0.4, -0.2) is 27.3 Å². The molecule has 0 saturated heterocycles. The second-order valence-corrected chi connectivity index (χ2v) is 9.36. The molecule has 2 heterocycles. The van der Waals surface area contributed by atoms with Gasteiger partial charge in [0.25, 0.3) is 5.56 Å². The number of carbonyl (C=O) groups is 1. The molecule has 0 aliphatic heterocycles. The van der Waals surface area contributed by atoms with Gasteiger partial charge in [0.2, 0.25) is 5.91 Å². The molecule has 0 bridgehead atoms. The summed E-state index contributed by atoms with van der Waals surface area (Å²) in [6.45, 7) is 0.559. The second kappa shape index (κ2) is 9.59. The van der Waals surface area contributed by atoms with E-state index in [1.54, 1.807) is 15.9 Å². The third-order valence-corrected chi connectivity index (χ3v) is 7.20. The third-order valence-electron chi connectivity index (χ3n) is 5.29. The van der Waals surface area contributed by atoms with Gasteiger partial charge in [-0.3, -0.25) is 14.2 Å². The lowest BCUT2D eigenvalue weighted by Gasteiger charge is -2.22. The van der Waals surface area contributed by atoms with E-state index in [0.29, 0.717) is 28.6 Å². The van der Waals surface area contributed by atoms with E-state index in [2.05, 4.69) is 11.4 Å². The van der Waals surface area contributed by atoms with Gasteiger partial charge in [-0.25, -0.2) is 4.98 Å². The van der Waals surface area contributed by atoms with E-state index in [1.807, 2.05) is 35.7 Å². The van der Waals surface area contributed by atoms with E-state index in [0.717, 1.165) is 19.3 Å². The van der Waals surface area contributed by atoms with Gasteiger partial charge >= 0.3 is 0 Å². The lowest BCUT2D eigenvalue weighted by atomic mass is 9.95. The first-order valence-corrected chi connectivity index (χ1v) is 12.0. The van der Waals surface area contributed by atoms with Crippen LogP contribution in [0.4, 0.5) is 0 Å². The molecule has 0 spiro atoms. The summed E-state index contributed by atoms with van der Waals surface area (Å²) in [5.41, 5.74) is 0.641. The van der Waals surface area contributed by atoms with Crippen molar-refractivity contribution in [3.05, 3.63) is 57.0 Å². The molecule has 5 nitrogen and oxygen atoms in total. The predicted octanol–water partition coefficient (Wildman–Crippen LogP) is 4.24. The van der Waals surface area contributed by atoms with Crippen molar-refractivity contribution in [3.63, 3.8) is 0 Å². The summed E-state index contributed by atoms with van der Waals surface area (Å²) in [6.07, 6.45) is 6.55. The van der Waals surface area contributed by atoms with Crippen LogP contribution in [0.25, 0.3) is 10.9 Å². The van der Waals surface area contributed by atoms with Crippen LogP contribution in [0.3, 0.4) is 0 Å². The normalized spacial score (nSPS) is 14.9. The van der Waals surface area contributed by atoms with Gasteiger partial charge in [-0.2, -0.15) is 0 Å². The number of thiophene rings is 1. The maximum atomic E-state index is 13.1. The molecule has 2 aromatic heterocycles. The maximum Gasteiger partial charge on any atom is 0.262 e.